The van der Waals surface area contributed by atoms with Gasteiger partial charge in [-0.05, 0) is 44.7 Å². The number of halogens is 2. The van der Waals surface area contributed by atoms with Crippen LogP contribution < -0.4 is 0 Å². The molecule has 1 aliphatic carbocycles. The molecule has 1 saturated carbocycles. The molecule has 0 amide bonds. The van der Waals surface area contributed by atoms with Crippen molar-refractivity contribution in [3.63, 3.8) is 0 Å². The first-order valence-corrected chi connectivity index (χ1v) is 5.26. The Hall–Kier alpha value is 0.630. The van der Waals surface area contributed by atoms with Gasteiger partial charge < -0.3 is 0 Å². The van der Waals surface area contributed by atoms with Crippen molar-refractivity contribution in [2.24, 2.45) is 4.99 Å². The molecule has 58 valence electrons. The Kier molecular flexibility index (Phi) is 3.92. The molecular weight excluding hydrogens is 258 g/mol. The molecule has 0 atom stereocenters. The smallest absolute Gasteiger partial charge is 0.143 e. The van der Waals surface area contributed by atoms with Crippen LogP contribution in [0.2, 0.25) is 0 Å². The largest absolute Gasteiger partial charge is 0.267 e. The predicted molar refractivity (Wildman–Crippen MR) is 52.2 cm³/mol. The lowest BCUT2D eigenvalue weighted by atomic mass is 9.96. The van der Waals surface area contributed by atoms with Gasteiger partial charge >= 0.3 is 0 Å². The summed E-state index contributed by atoms with van der Waals surface area (Å²) in [6.07, 6.45) is 6.62. The maximum atomic E-state index is 4.39. The lowest BCUT2D eigenvalue weighted by Crippen LogP contribution is -2.09. The second-order valence-corrected chi connectivity index (χ2v) is 5.23. The number of rotatable bonds is 1. The van der Waals surface area contributed by atoms with Crippen molar-refractivity contribution < 1.29 is 0 Å². The van der Waals surface area contributed by atoms with E-state index < -0.39 is 0 Å². The summed E-state index contributed by atoms with van der Waals surface area (Å²) in [5.41, 5.74) is 0. The van der Waals surface area contributed by atoms with Gasteiger partial charge in [0.1, 0.15) is 3.53 Å². The van der Waals surface area contributed by atoms with Crippen molar-refractivity contribution in [2.75, 3.05) is 0 Å². The van der Waals surface area contributed by atoms with Crippen molar-refractivity contribution in [2.45, 2.75) is 38.1 Å². The van der Waals surface area contributed by atoms with Crippen LogP contribution in [0.15, 0.2) is 4.99 Å². The average molecular weight is 269 g/mol. The van der Waals surface area contributed by atoms with Gasteiger partial charge in [-0.1, -0.05) is 19.3 Å². The van der Waals surface area contributed by atoms with Crippen LogP contribution in [0, 0.1) is 0 Å². The highest BCUT2D eigenvalue weighted by Crippen LogP contribution is 2.21. The summed E-state index contributed by atoms with van der Waals surface area (Å²) in [5, 5.41) is 0. The molecule has 0 unspecified atom stereocenters. The highest BCUT2D eigenvalue weighted by Gasteiger charge is 2.11. The summed E-state index contributed by atoms with van der Waals surface area (Å²) in [6.45, 7) is 0. The molecule has 0 spiro atoms. The van der Waals surface area contributed by atoms with Crippen LogP contribution in [0.25, 0.3) is 0 Å². The highest BCUT2D eigenvalue weighted by molar-refractivity contribution is 9.39. The fourth-order valence-corrected chi connectivity index (χ4v) is 1.93. The van der Waals surface area contributed by atoms with Crippen LogP contribution in [0.3, 0.4) is 0 Å². The molecule has 10 heavy (non-hydrogen) atoms. The Morgan fingerprint density at radius 2 is 1.70 bits per heavy atom. The highest BCUT2D eigenvalue weighted by atomic mass is 79.9. The first-order chi connectivity index (χ1) is 4.79. The molecule has 1 aliphatic rings. The van der Waals surface area contributed by atoms with E-state index in [2.05, 4.69) is 36.9 Å². The molecule has 0 aliphatic heterocycles. The fourth-order valence-electron chi connectivity index (χ4n) is 1.35. The fraction of sp³-hybridized carbons (Fsp3) is 0.857. The SMILES string of the molecule is BrC(Br)=NC1CCCCC1. The van der Waals surface area contributed by atoms with Gasteiger partial charge in [-0.2, -0.15) is 0 Å². The Bertz CT molecular complexity index is 124. The molecule has 1 nitrogen and oxygen atoms in total. The molecule has 3 heteroatoms. The van der Waals surface area contributed by atoms with E-state index in [1.54, 1.807) is 0 Å². The van der Waals surface area contributed by atoms with Gasteiger partial charge in [0, 0.05) is 0 Å². The molecule has 0 aromatic carbocycles. The van der Waals surface area contributed by atoms with Gasteiger partial charge in [-0.3, -0.25) is 4.99 Å². The molecule has 1 fully saturated rings. The van der Waals surface area contributed by atoms with E-state index in [1.165, 1.54) is 32.1 Å². The van der Waals surface area contributed by atoms with Gasteiger partial charge in [0.05, 0.1) is 6.04 Å². The van der Waals surface area contributed by atoms with E-state index in [-0.39, 0.29) is 0 Å². The summed E-state index contributed by atoms with van der Waals surface area (Å²) in [6, 6.07) is 0.572. The summed E-state index contributed by atoms with van der Waals surface area (Å²) in [7, 11) is 0. The normalized spacial score (nSPS) is 20.6. The molecule has 1 rings (SSSR count). The summed E-state index contributed by atoms with van der Waals surface area (Å²) in [4.78, 5) is 4.39. The minimum absolute atomic E-state index is 0.572. The molecular formula is C7H11Br2N. The summed E-state index contributed by atoms with van der Waals surface area (Å²) in [5.74, 6) is 0. The van der Waals surface area contributed by atoms with E-state index in [0.717, 1.165) is 3.53 Å². The number of aliphatic imine (C=N–C) groups is 1. The first kappa shape index (κ1) is 8.72. The monoisotopic (exact) mass is 267 g/mol. The second-order valence-electron chi connectivity index (χ2n) is 2.66. The van der Waals surface area contributed by atoms with Crippen molar-refractivity contribution in [1.82, 2.24) is 0 Å². The van der Waals surface area contributed by atoms with Crippen molar-refractivity contribution in [3.05, 3.63) is 0 Å². The molecule has 0 aromatic heterocycles. The van der Waals surface area contributed by atoms with Crippen LogP contribution in [-0.4, -0.2) is 9.57 Å². The zero-order chi connectivity index (χ0) is 7.40. The molecule has 0 N–H and O–H groups in total. The zero-order valence-electron chi connectivity index (χ0n) is 5.82. The van der Waals surface area contributed by atoms with E-state index >= 15 is 0 Å². The molecule has 0 saturated heterocycles. The quantitative estimate of drug-likeness (QED) is 0.646. The van der Waals surface area contributed by atoms with Gasteiger partial charge in [0.15, 0.2) is 0 Å². The van der Waals surface area contributed by atoms with Crippen LogP contribution >= 0.6 is 31.9 Å². The van der Waals surface area contributed by atoms with Gasteiger partial charge in [-0.25, -0.2) is 0 Å². The zero-order valence-corrected chi connectivity index (χ0v) is 8.99. The van der Waals surface area contributed by atoms with E-state index in [9.17, 15) is 0 Å². The third-order valence-electron chi connectivity index (χ3n) is 1.85. The first-order valence-electron chi connectivity index (χ1n) is 3.68. The van der Waals surface area contributed by atoms with Gasteiger partial charge in [0.25, 0.3) is 0 Å². The molecule has 0 radical (unpaired) electrons. The maximum absolute atomic E-state index is 4.39. The van der Waals surface area contributed by atoms with Gasteiger partial charge in [-0.15, -0.1) is 0 Å². The minimum Gasteiger partial charge on any atom is -0.267 e. The van der Waals surface area contributed by atoms with E-state index in [0.29, 0.717) is 6.04 Å². The van der Waals surface area contributed by atoms with E-state index in [1.807, 2.05) is 0 Å². The van der Waals surface area contributed by atoms with E-state index in [4.69, 9.17) is 0 Å². The third-order valence-corrected chi connectivity index (χ3v) is 2.26. The number of hydrogen-bond acceptors (Lipinski definition) is 1. The van der Waals surface area contributed by atoms with Gasteiger partial charge in [0.2, 0.25) is 0 Å². The van der Waals surface area contributed by atoms with Crippen LogP contribution in [0.4, 0.5) is 0 Å². The lowest BCUT2D eigenvalue weighted by Gasteiger charge is -2.16. The lowest BCUT2D eigenvalue weighted by molar-refractivity contribution is 0.444. The minimum atomic E-state index is 0.572. The van der Waals surface area contributed by atoms with Crippen LogP contribution in [-0.2, 0) is 0 Å². The van der Waals surface area contributed by atoms with Crippen LogP contribution in [0.1, 0.15) is 32.1 Å². The van der Waals surface area contributed by atoms with Crippen molar-refractivity contribution in [1.29, 1.82) is 0 Å². The predicted octanol–water partition coefficient (Wildman–Crippen LogP) is 3.46. The Morgan fingerprint density at radius 3 is 2.20 bits per heavy atom. The molecule has 0 bridgehead atoms. The number of hydrogen-bond donors (Lipinski definition) is 0. The Morgan fingerprint density at radius 1 is 1.10 bits per heavy atom. The van der Waals surface area contributed by atoms with Crippen molar-refractivity contribution in [3.8, 4) is 0 Å². The second kappa shape index (κ2) is 4.50. The summed E-state index contributed by atoms with van der Waals surface area (Å²) < 4.78 is 0.868. The number of nitrogens with zero attached hydrogens (tertiary/aromatic N) is 1. The standard InChI is InChI=1S/C7H11Br2N/c8-7(9)10-6-4-2-1-3-5-6/h6H,1-5H2. The maximum Gasteiger partial charge on any atom is 0.143 e. The molecule has 0 heterocycles. The Labute approximate surface area is 78.6 Å². The molecule has 0 aromatic rings. The Balaban J connectivity index is 2.33. The average Bonchev–Trinajstić information content (AvgIpc) is 1.88. The summed E-state index contributed by atoms with van der Waals surface area (Å²) >= 11 is 6.55. The topological polar surface area (TPSA) is 12.4 Å². The van der Waals surface area contributed by atoms with Crippen LogP contribution in [0.5, 0.6) is 0 Å². The third kappa shape index (κ3) is 3.15. The van der Waals surface area contributed by atoms with Crippen molar-refractivity contribution >= 4 is 35.4 Å².